The van der Waals surface area contributed by atoms with Crippen molar-refractivity contribution in [2.75, 3.05) is 13.7 Å². The van der Waals surface area contributed by atoms with E-state index < -0.39 is 0 Å². The number of rotatable bonds is 5. The molecule has 2 N–H and O–H groups in total. The molecule has 0 fully saturated rings. The maximum atomic E-state index is 12.3. The first-order valence-electron chi connectivity index (χ1n) is 8.38. The average Bonchev–Trinajstić information content (AvgIpc) is 2.95. The van der Waals surface area contributed by atoms with Crippen LogP contribution < -0.4 is 15.4 Å². The predicted octanol–water partition coefficient (Wildman–Crippen LogP) is 2.47. The highest BCUT2D eigenvalue weighted by atomic mass is 16.5. The summed E-state index contributed by atoms with van der Waals surface area (Å²) < 4.78 is 5.17. The average molecular weight is 338 g/mol. The summed E-state index contributed by atoms with van der Waals surface area (Å²) in [5.74, 6) is 0.300. The van der Waals surface area contributed by atoms with Gasteiger partial charge in [-0.3, -0.25) is 9.59 Å². The van der Waals surface area contributed by atoms with Gasteiger partial charge in [0.25, 0.3) is 5.91 Å². The number of para-hydroxylation sites is 1. The number of hydrogen-bond donors (Lipinski definition) is 2. The highest BCUT2D eigenvalue weighted by molar-refractivity contribution is 5.98. The number of ether oxygens (including phenoxy) is 1. The van der Waals surface area contributed by atoms with Gasteiger partial charge in [-0.15, -0.1) is 0 Å². The molecule has 0 spiro atoms. The van der Waals surface area contributed by atoms with E-state index in [-0.39, 0.29) is 24.4 Å². The van der Waals surface area contributed by atoms with Crippen molar-refractivity contribution < 1.29 is 14.3 Å². The predicted molar refractivity (Wildman–Crippen MR) is 95.5 cm³/mol. The number of benzene rings is 2. The van der Waals surface area contributed by atoms with E-state index in [1.54, 1.807) is 24.3 Å². The molecule has 0 heterocycles. The Morgan fingerprint density at radius 3 is 2.64 bits per heavy atom. The number of fused-ring (bicyclic) bond motifs is 1. The Morgan fingerprint density at radius 2 is 1.84 bits per heavy atom. The number of carbonyl (C=O) groups is 2. The van der Waals surface area contributed by atoms with Crippen LogP contribution in [-0.4, -0.2) is 25.5 Å². The summed E-state index contributed by atoms with van der Waals surface area (Å²) in [6.45, 7) is 2.06. The second-order valence-electron chi connectivity index (χ2n) is 6.31. The molecular weight excluding hydrogens is 316 g/mol. The van der Waals surface area contributed by atoms with Crippen LogP contribution in [0.15, 0.2) is 48.5 Å². The van der Waals surface area contributed by atoms with Crippen molar-refractivity contribution in [3.63, 3.8) is 0 Å². The van der Waals surface area contributed by atoms with E-state index in [0.717, 1.165) is 6.42 Å². The molecule has 0 radical (unpaired) electrons. The zero-order valence-corrected chi connectivity index (χ0v) is 14.4. The minimum Gasteiger partial charge on any atom is -0.496 e. The normalized spacial score (nSPS) is 18.3. The minimum absolute atomic E-state index is 0.00753. The van der Waals surface area contributed by atoms with Crippen LogP contribution in [-0.2, 0) is 11.2 Å². The molecule has 130 valence electrons. The van der Waals surface area contributed by atoms with Crippen LogP contribution in [0.1, 0.15) is 34.5 Å². The van der Waals surface area contributed by atoms with Gasteiger partial charge in [0, 0.05) is 0 Å². The zero-order valence-electron chi connectivity index (χ0n) is 14.4. The van der Waals surface area contributed by atoms with Crippen LogP contribution >= 0.6 is 0 Å². The van der Waals surface area contributed by atoms with E-state index in [4.69, 9.17) is 4.74 Å². The smallest absolute Gasteiger partial charge is 0.255 e. The lowest BCUT2D eigenvalue weighted by atomic mass is 10.0. The Balaban J connectivity index is 1.59. The van der Waals surface area contributed by atoms with Crippen LogP contribution in [0.2, 0.25) is 0 Å². The molecule has 3 rings (SSSR count). The summed E-state index contributed by atoms with van der Waals surface area (Å²) in [5.41, 5.74) is 2.86. The molecule has 2 aromatic carbocycles. The highest BCUT2D eigenvalue weighted by Gasteiger charge is 2.30. The summed E-state index contributed by atoms with van der Waals surface area (Å²) in [6.07, 6.45) is 0.953. The monoisotopic (exact) mass is 338 g/mol. The summed E-state index contributed by atoms with van der Waals surface area (Å²) in [7, 11) is 1.51. The molecule has 2 aromatic rings. The van der Waals surface area contributed by atoms with Gasteiger partial charge in [0.05, 0.1) is 25.3 Å². The molecule has 5 heteroatoms. The van der Waals surface area contributed by atoms with E-state index >= 15 is 0 Å². The van der Waals surface area contributed by atoms with Gasteiger partial charge in [-0.05, 0) is 35.6 Å². The van der Waals surface area contributed by atoms with E-state index in [1.807, 2.05) is 12.1 Å². The highest BCUT2D eigenvalue weighted by Crippen LogP contribution is 2.35. The molecule has 2 amide bonds. The van der Waals surface area contributed by atoms with Gasteiger partial charge >= 0.3 is 0 Å². The SMILES string of the molecule is COc1ccccc1C(=O)NCC(=O)N[C@H]1c2ccccc2C[C@H]1C. The Bertz CT molecular complexity index is 788. The molecule has 0 aliphatic heterocycles. The van der Waals surface area contributed by atoms with Gasteiger partial charge in [0.1, 0.15) is 5.75 Å². The molecule has 1 aliphatic rings. The third-order valence-corrected chi connectivity index (χ3v) is 4.58. The first kappa shape index (κ1) is 17.0. The van der Waals surface area contributed by atoms with Gasteiger partial charge in [-0.2, -0.15) is 0 Å². The number of nitrogens with one attached hydrogen (secondary N) is 2. The van der Waals surface area contributed by atoms with E-state index in [2.05, 4.69) is 29.7 Å². The quantitative estimate of drug-likeness (QED) is 0.880. The fraction of sp³-hybridized carbons (Fsp3) is 0.300. The molecule has 0 bridgehead atoms. The molecule has 1 aliphatic carbocycles. The molecule has 0 unspecified atom stereocenters. The molecular formula is C20H22N2O3. The molecule has 5 nitrogen and oxygen atoms in total. The van der Waals surface area contributed by atoms with Crippen molar-refractivity contribution in [2.45, 2.75) is 19.4 Å². The van der Waals surface area contributed by atoms with Crippen molar-refractivity contribution in [1.29, 1.82) is 0 Å². The maximum Gasteiger partial charge on any atom is 0.255 e. The summed E-state index contributed by atoms with van der Waals surface area (Å²) in [6, 6.07) is 15.1. The van der Waals surface area contributed by atoms with Crippen molar-refractivity contribution in [3.05, 3.63) is 65.2 Å². The van der Waals surface area contributed by atoms with Crippen molar-refractivity contribution in [2.24, 2.45) is 5.92 Å². The van der Waals surface area contributed by atoms with Crippen LogP contribution in [0.5, 0.6) is 5.75 Å². The topological polar surface area (TPSA) is 67.4 Å². The number of hydrogen-bond acceptors (Lipinski definition) is 3. The largest absolute Gasteiger partial charge is 0.496 e. The van der Waals surface area contributed by atoms with Crippen LogP contribution in [0.25, 0.3) is 0 Å². The van der Waals surface area contributed by atoms with Crippen LogP contribution in [0.3, 0.4) is 0 Å². The second-order valence-corrected chi connectivity index (χ2v) is 6.31. The molecule has 0 saturated heterocycles. The fourth-order valence-electron chi connectivity index (χ4n) is 3.33. The fourth-order valence-corrected chi connectivity index (χ4v) is 3.33. The lowest BCUT2D eigenvalue weighted by Gasteiger charge is -2.19. The third kappa shape index (κ3) is 3.65. The van der Waals surface area contributed by atoms with E-state index in [9.17, 15) is 9.59 Å². The van der Waals surface area contributed by atoms with E-state index in [0.29, 0.717) is 17.2 Å². The van der Waals surface area contributed by atoms with Gasteiger partial charge in [-0.25, -0.2) is 0 Å². The zero-order chi connectivity index (χ0) is 17.8. The first-order valence-corrected chi connectivity index (χ1v) is 8.38. The molecule has 0 saturated carbocycles. The maximum absolute atomic E-state index is 12.3. The Kier molecular flexibility index (Phi) is 5.03. The lowest BCUT2D eigenvalue weighted by Crippen LogP contribution is -2.39. The van der Waals surface area contributed by atoms with Crippen LogP contribution in [0.4, 0.5) is 0 Å². The standard InChI is InChI=1S/C20H22N2O3/c1-13-11-14-7-3-4-8-15(14)19(13)22-18(23)12-21-20(24)16-9-5-6-10-17(16)25-2/h3-10,13,19H,11-12H2,1-2H3,(H,21,24)(H,22,23)/t13-,19-/m1/s1. The lowest BCUT2D eigenvalue weighted by molar-refractivity contribution is -0.121. The van der Waals surface area contributed by atoms with Gasteiger partial charge in [0.2, 0.25) is 5.91 Å². The number of carbonyl (C=O) groups excluding carboxylic acids is 2. The Hall–Kier alpha value is -2.82. The van der Waals surface area contributed by atoms with Crippen molar-refractivity contribution >= 4 is 11.8 Å². The molecule has 0 aromatic heterocycles. The minimum atomic E-state index is -0.326. The summed E-state index contributed by atoms with van der Waals surface area (Å²) >= 11 is 0. The second kappa shape index (κ2) is 7.38. The van der Waals surface area contributed by atoms with Gasteiger partial charge in [-0.1, -0.05) is 43.3 Å². The molecule has 25 heavy (non-hydrogen) atoms. The van der Waals surface area contributed by atoms with Gasteiger partial charge in [0.15, 0.2) is 0 Å². The van der Waals surface area contributed by atoms with Crippen molar-refractivity contribution in [3.8, 4) is 5.75 Å². The first-order chi connectivity index (χ1) is 12.1. The van der Waals surface area contributed by atoms with Crippen molar-refractivity contribution in [1.82, 2.24) is 10.6 Å². The van der Waals surface area contributed by atoms with Crippen LogP contribution in [0, 0.1) is 5.92 Å². The third-order valence-electron chi connectivity index (χ3n) is 4.58. The Morgan fingerprint density at radius 1 is 1.12 bits per heavy atom. The van der Waals surface area contributed by atoms with Gasteiger partial charge < -0.3 is 15.4 Å². The molecule has 2 atom stereocenters. The summed E-state index contributed by atoms with van der Waals surface area (Å²) in [5, 5.41) is 5.69. The summed E-state index contributed by atoms with van der Waals surface area (Å²) in [4.78, 5) is 24.5. The number of amides is 2. The number of methoxy groups -OCH3 is 1. The van der Waals surface area contributed by atoms with E-state index in [1.165, 1.54) is 18.2 Å². The Labute approximate surface area is 147 Å².